The maximum Gasteiger partial charge on any atom is 0.416 e. The lowest BCUT2D eigenvalue weighted by Crippen LogP contribution is -2.34. The monoisotopic (exact) mass is 403 g/mol. The van der Waals surface area contributed by atoms with Crippen LogP contribution < -0.4 is 10.6 Å². The molecule has 0 spiro atoms. The second kappa shape index (κ2) is 8.59. The zero-order valence-electron chi connectivity index (χ0n) is 15.0. The standard InChI is InChI=1S/C20H16F3N3O3/c21-20(22,23)15-5-1-3-13(11-15)16-6-7-17(29-16)19(28)26-10-9-25-18(27)14-4-2-8-24-12-14/h1-8,11-12H,9-10H2,(H,25,27)(H,26,28). The van der Waals surface area contributed by atoms with Gasteiger partial charge in [0.2, 0.25) is 0 Å². The molecule has 6 nitrogen and oxygen atoms in total. The van der Waals surface area contributed by atoms with Gasteiger partial charge in [0.1, 0.15) is 5.76 Å². The summed E-state index contributed by atoms with van der Waals surface area (Å²) in [7, 11) is 0. The van der Waals surface area contributed by atoms with E-state index in [0.717, 1.165) is 12.1 Å². The van der Waals surface area contributed by atoms with Crippen LogP contribution in [0.3, 0.4) is 0 Å². The van der Waals surface area contributed by atoms with Crippen molar-refractivity contribution in [1.29, 1.82) is 0 Å². The number of carbonyl (C=O) groups excluding carboxylic acids is 2. The Morgan fingerprint density at radius 3 is 2.41 bits per heavy atom. The maximum atomic E-state index is 12.8. The predicted molar refractivity (Wildman–Crippen MR) is 98.0 cm³/mol. The lowest BCUT2D eigenvalue weighted by atomic mass is 10.1. The zero-order valence-corrected chi connectivity index (χ0v) is 15.0. The average molecular weight is 403 g/mol. The van der Waals surface area contributed by atoms with Gasteiger partial charge in [0.25, 0.3) is 11.8 Å². The quantitative estimate of drug-likeness (QED) is 0.617. The minimum absolute atomic E-state index is 0.0454. The van der Waals surface area contributed by atoms with E-state index < -0.39 is 17.6 Å². The molecule has 29 heavy (non-hydrogen) atoms. The molecular formula is C20H16F3N3O3. The minimum Gasteiger partial charge on any atom is -0.451 e. The fourth-order valence-electron chi connectivity index (χ4n) is 2.50. The molecule has 9 heteroatoms. The molecule has 0 aliphatic carbocycles. The van der Waals surface area contributed by atoms with Crippen molar-refractivity contribution in [2.24, 2.45) is 0 Å². The van der Waals surface area contributed by atoms with Crippen molar-refractivity contribution in [2.45, 2.75) is 6.18 Å². The van der Waals surface area contributed by atoms with Crippen molar-refractivity contribution in [1.82, 2.24) is 15.6 Å². The van der Waals surface area contributed by atoms with E-state index in [9.17, 15) is 22.8 Å². The van der Waals surface area contributed by atoms with Crippen molar-refractivity contribution in [3.63, 3.8) is 0 Å². The maximum absolute atomic E-state index is 12.8. The highest BCUT2D eigenvalue weighted by molar-refractivity contribution is 5.94. The molecule has 2 heterocycles. The lowest BCUT2D eigenvalue weighted by Gasteiger charge is -2.07. The molecule has 2 amide bonds. The van der Waals surface area contributed by atoms with Crippen LogP contribution in [-0.4, -0.2) is 29.9 Å². The molecule has 0 unspecified atom stereocenters. The van der Waals surface area contributed by atoms with Gasteiger partial charge in [-0.3, -0.25) is 14.6 Å². The first-order valence-corrected chi connectivity index (χ1v) is 8.58. The number of hydrogen-bond donors (Lipinski definition) is 2. The molecule has 1 aromatic carbocycles. The molecule has 0 saturated carbocycles. The normalized spacial score (nSPS) is 11.1. The average Bonchev–Trinajstić information content (AvgIpc) is 3.21. The van der Waals surface area contributed by atoms with Crippen LogP contribution in [0, 0.1) is 0 Å². The van der Waals surface area contributed by atoms with E-state index in [1.165, 1.54) is 30.5 Å². The summed E-state index contributed by atoms with van der Waals surface area (Å²) in [5.41, 5.74) is -0.194. The van der Waals surface area contributed by atoms with Crippen LogP contribution in [0.5, 0.6) is 0 Å². The van der Waals surface area contributed by atoms with Crippen molar-refractivity contribution >= 4 is 11.8 Å². The van der Waals surface area contributed by atoms with Gasteiger partial charge in [-0.1, -0.05) is 12.1 Å². The van der Waals surface area contributed by atoms with Gasteiger partial charge in [-0.2, -0.15) is 13.2 Å². The van der Waals surface area contributed by atoms with E-state index in [4.69, 9.17) is 4.42 Å². The number of carbonyl (C=O) groups is 2. The topological polar surface area (TPSA) is 84.2 Å². The van der Waals surface area contributed by atoms with Crippen LogP contribution in [0.4, 0.5) is 13.2 Å². The van der Waals surface area contributed by atoms with E-state index in [0.29, 0.717) is 5.56 Å². The van der Waals surface area contributed by atoms with Crippen LogP contribution in [-0.2, 0) is 6.18 Å². The Kier molecular flexibility index (Phi) is 5.96. The van der Waals surface area contributed by atoms with E-state index >= 15 is 0 Å². The van der Waals surface area contributed by atoms with Gasteiger partial charge in [-0.15, -0.1) is 0 Å². The van der Waals surface area contributed by atoms with Gasteiger partial charge in [0.15, 0.2) is 5.76 Å². The number of benzene rings is 1. The Balaban J connectivity index is 1.54. The summed E-state index contributed by atoms with van der Waals surface area (Å²) in [6, 6.07) is 10.7. The molecule has 0 fully saturated rings. The van der Waals surface area contributed by atoms with Crippen molar-refractivity contribution in [3.8, 4) is 11.3 Å². The summed E-state index contributed by atoms with van der Waals surface area (Å²) in [4.78, 5) is 27.8. The second-order valence-corrected chi connectivity index (χ2v) is 6.00. The van der Waals surface area contributed by atoms with Crippen molar-refractivity contribution in [2.75, 3.05) is 13.1 Å². The number of hydrogen-bond acceptors (Lipinski definition) is 4. The van der Waals surface area contributed by atoms with Gasteiger partial charge >= 0.3 is 6.18 Å². The van der Waals surface area contributed by atoms with E-state index in [1.54, 1.807) is 18.3 Å². The predicted octanol–water partition coefficient (Wildman–Crippen LogP) is 3.52. The first-order valence-electron chi connectivity index (χ1n) is 8.58. The number of halogens is 3. The van der Waals surface area contributed by atoms with Crippen LogP contribution in [0.2, 0.25) is 0 Å². The van der Waals surface area contributed by atoms with E-state index in [2.05, 4.69) is 15.6 Å². The van der Waals surface area contributed by atoms with Crippen LogP contribution in [0.1, 0.15) is 26.5 Å². The highest BCUT2D eigenvalue weighted by atomic mass is 19.4. The Labute approximate surface area is 163 Å². The Hall–Kier alpha value is -3.62. The zero-order chi connectivity index (χ0) is 20.9. The van der Waals surface area contributed by atoms with Gasteiger partial charge < -0.3 is 15.1 Å². The molecule has 0 aliphatic rings. The third kappa shape index (κ3) is 5.22. The largest absolute Gasteiger partial charge is 0.451 e. The summed E-state index contributed by atoms with van der Waals surface area (Å²) in [6.07, 6.45) is -1.50. The molecule has 2 N–H and O–H groups in total. The highest BCUT2D eigenvalue weighted by Crippen LogP contribution is 2.32. The summed E-state index contributed by atoms with van der Waals surface area (Å²) < 4.78 is 43.9. The van der Waals surface area contributed by atoms with E-state index in [1.807, 2.05) is 0 Å². The molecule has 0 radical (unpaired) electrons. The van der Waals surface area contributed by atoms with Crippen LogP contribution in [0.25, 0.3) is 11.3 Å². The van der Waals surface area contributed by atoms with Crippen molar-refractivity contribution < 1.29 is 27.2 Å². The number of alkyl halides is 3. The second-order valence-electron chi connectivity index (χ2n) is 6.00. The molecule has 3 aromatic rings. The first-order chi connectivity index (χ1) is 13.8. The summed E-state index contributed by atoms with van der Waals surface area (Å²) >= 11 is 0. The van der Waals surface area contributed by atoms with Crippen LogP contribution in [0.15, 0.2) is 65.3 Å². The molecule has 150 valence electrons. The number of rotatable bonds is 6. The summed E-state index contributed by atoms with van der Waals surface area (Å²) in [6.45, 7) is 0.324. The Morgan fingerprint density at radius 2 is 1.72 bits per heavy atom. The smallest absolute Gasteiger partial charge is 0.416 e. The van der Waals surface area contributed by atoms with Gasteiger partial charge in [-0.25, -0.2) is 0 Å². The highest BCUT2D eigenvalue weighted by Gasteiger charge is 2.30. The molecule has 0 aliphatic heterocycles. The molecule has 3 rings (SSSR count). The number of amides is 2. The fraction of sp³-hybridized carbons (Fsp3) is 0.150. The first kappa shape index (κ1) is 20.1. The third-order valence-electron chi connectivity index (χ3n) is 3.92. The molecular weight excluding hydrogens is 387 g/mol. The molecule has 0 bridgehead atoms. The van der Waals surface area contributed by atoms with E-state index in [-0.39, 0.29) is 36.1 Å². The van der Waals surface area contributed by atoms with Crippen molar-refractivity contribution in [3.05, 3.63) is 77.8 Å². The summed E-state index contributed by atoms with van der Waals surface area (Å²) in [5, 5.41) is 5.19. The fourth-order valence-corrected chi connectivity index (χ4v) is 2.50. The Morgan fingerprint density at radius 1 is 0.966 bits per heavy atom. The van der Waals surface area contributed by atoms with Gasteiger partial charge in [0.05, 0.1) is 11.1 Å². The van der Waals surface area contributed by atoms with Gasteiger partial charge in [-0.05, 0) is 36.4 Å². The van der Waals surface area contributed by atoms with Gasteiger partial charge in [0, 0.05) is 31.0 Å². The number of nitrogens with zero attached hydrogens (tertiary/aromatic N) is 1. The number of nitrogens with one attached hydrogen (secondary N) is 2. The SMILES string of the molecule is O=C(NCCNC(=O)c1ccc(-c2cccc(C(F)(F)F)c2)o1)c1cccnc1. The third-order valence-corrected chi connectivity index (χ3v) is 3.92. The lowest BCUT2D eigenvalue weighted by molar-refractivity contribution is -0.137. The van der Waals surface area contributed by atoms with Crippen LogP contribution >= 0.6 is 0 Å². The molecule has 2 aromatic heterocycles. The number of furan rings is 1. The minimum atomic E-state index is -4.47. The molecule has 0 saturated heterocycles. The number of pyridine rings is 1. The Bertz CT molecular complexity index is 1000. The summed E-state index contributed by atoms with van der Waals surface area (Å²) in [5.74, 6) is -0.766. The molecule has 0 atom stereocenters. The number of aromatic nitrogens is 1.